The highest BCUT2D eigenvalue weighted by Crippen LogP contribution is 2.43. The molecule has 1 aromatic rings. The summed E-state index contributed by atoms with van der Waals surface area (Å²) in [6.07, 6.45) is 0.479. The van der Waals surface area contributed by atoms with Gasteiger partial charge < -0.3 is 15.3 Å². The molecular weight excluding hydrogens is 316 g/mol. The lowest BCUT2D eigenvalue weighted by Gasteiger charge is -2.53. The topological polar surface area (TPSA) is 86.7 Å². The van der Waals surface area contributed by atoms with Crippen molar-refractivity contribution < 1.29 is 19.5 Å². The highest BCUT2D eigenvalue weighted by Gasteiger charge is 2.56. The number of nitrogens with zero attached hydrogens (tertiary/aromatic N) is 1. The summed E-state index contributed by atoms with van der Waals surface area (Å²) in [6.45, 7) is 2.04. The van der Waals surface area contributed by atoms with Crippen molar-refractivity contribution in [1.29, 1.82) is 0 Å². The number of carboxylic acids is 1. The molecule has 0 saturated carbocycles. The lowest BCUT2D eigenvalue weighted by atomic mass is 9.84. The first kappa shape index (κ1) is 15.9. The van der Waals surface area contributed by atoms with Crippen LogP contribution in [0.1, 0.15) is 23.7 Å². The Balaban J connectivity index is 1.67. The van der Waals surface area contributed by atoms with Crippen LogP contribution in [0.5, 0.6) is 0 Å². The fraction of sp³-hybridized carbons (Fsp3) is 0.438. The Morgan fingerprint density at radius 2 is 2.09 bits per heavy atom. The zero-order valence-corrected chi connectivity index (χ0v) is 13.5. The van der Waals surface area contributed by atoms with E-state index in [1.54, 1.807) is 29.2 Å². The van der Waals surface area contributed by atoms with E-state index >= 15 is 0 Å². The molecule has 0 aromatic heterocycles. The average molecular weight is 334 g/mol. The van der Waals surface area contributed by atoms with Gasteiger partial charge >= 0.3 is 5.97 Å². The van der Waals surface area contributed by atoms with Crippen LogP contribution in [0.25, 0.3) is 0 Å². The first-order valence-corrected chi connectivity index (χ1v) is 8.55. The van der Waals surface area contributed by atoms with Gasteiger partial charge in [0.25, 0.3) is 5.91 Å². The summed E-state index contributed by atoms with van der Waals surface area (Å²) in [5.41, 5.74) is -0.376. The molecule has 2 heterocycles. The van der Waals surface area contributed by atoms with Crippen molar-refractivity contribution in [3.8, 4) is 0 Å². The fourth-order valence-electron chi connectivity index (χ4n) is 2.94. The fourth-order valence-corrected chi connectivity index (χ4v) is 4.58. The molecule has 0 bridgehead atoms. The molecule has 2 amide bonds. The molecule has 6 nitrogen and oxygen atoms in total. The van der Waals surface area contributed by atoms with Gasteiger partial charge in [-0.15, -0.1) is 11.8 Å². The Morgan fingerprint density at radius 3 is 2.70 bits per heavy atom. The number of carbonyl (C=O) groups excluding carboxylic acids is 2. The van der Waals surface area contributed by atoms with E-state index in [-0.39, 0.29) is 23.7 Å². The van der Waals surface area contributed by atoms with Crippen molar-refractivity contribution in [3.63, 3.8) is 0 Å². The number of hydrogen-bond donors (Lipinski definition) is 2. The summed E-state index contributed by atoms with van der Waals surface area (Å²) in [5, 5.41) is 12.0. The summed E-state index contributed by atoms with van der Waals surface area (Å²) >= 11 is 1.43. The van der Waals surface area contributed by atoms with E-state index in [9.17, 15) is 19.5 Å². The number of fused-ring (bicyclic) bond motifs is 1. The van der Waals surface area contributed by atoms with Gasteiger partial charge in [-0.25, -0.2) is 0 Å². The second-order valence-corrected chi connectivity index (χ2v) is 7.03. The summed E-state index contributed by atoms with van der Waals surface area (Å²) in [7, 11) is 0. The Morgan fingerprint density at radius 1 is 1.39 bits per heavy atom. The van der Waals surface area contributed by atoms with Crippen LogP contribution in [0.15, 0.2) is 30.3 Å². The monoisotopic (exact) mass is 334 g/mol. The molecule has 1 aromatic carbocycles. The number of amides is 2. The van der Waals surface area contributed by atoms with Crippen molar-refractivity contribution in [2.24, 2.45) is 5.41 Å². The van der Waals surface area contributed by atoms with Crippen LogP contribution in [0.3, 0.4) is 0 Å². The smallest absolute Gasteiger partial charge is 0.312 e. The SMILES string of the molecule is CCC1(C(=O)O)CS[C@@H]2C(NC(=O)c3ccccc3)C(=O)N2C1. The van der Waals surface area contributed by atoms with Crippen molar-refractivity contribution >= 4 is 29.5 Å². The molecule has 2 saturated heterocycles. The quantitative estimate of drug-likeness (QED) is 0.808. The summed E-state index contributed by atoms with van der Waals surface area (Å²) in [4.78, 5) is 37.6. The van der Waals surface area contributed by atoms with Crippen LogP contribution in [0.4, 0.5) is 0 Å². The Labute approximate surface area is 138 Å². The molecule has 23 heavy (non-hydrogen) atoms. The molecule has 0 spiro atoms. The average Bonchev–Trinajstić information content (AvgIpc) is 2.59. The molecule has 2 N–H and O–H groups in total. The van der Waals surface area contributed by atoms with Gasteiger partial charge in [0.1, 0.15) is 11.4 Å². The third kappa shape index (κ3) is 2.59. The number of aliphatic carboxylic acids is 1. The zero-order chi connectivity index (χ0) is 16.6. The minimum atomic E-state index is -0.884. The third-order valence-electron chi connectivity index (χ3n) is 4.60. The molecule has 2 aliphatic heterocycles. The Kier molecular flexibility index (Phi) is 4.06. The molecule has 7 heteroatoms. The van der Waals surface area contributed by atoms with Crippen molar-refractivity contribution in [3.05, 3.63) is 35.9 Å². The first-order chi connectivity index (χ1) is 11.0. The standard InChI is InChI=1S/C16H18N2O4S/c1-2-16(15(21)22)8-18-13(20)11(14(18)23-9-16)17-12(19)10-6-4-3-5-7-10/h3-7,11,14H,2,8-9H2,1H3,(H,17,19)(H,21,22)/t11?,14-,16?/m1/s1. The van der Waals surface area contributed by atoms with E-state index in [2.05, 4.69) is 5.32 Å². The maximum absolute atomic E-state index is 12.3. The number of thioether (sulfide) groups is 1. The maximum Gasteiger partial charge on any atom is 0.312 e. The second kappa shape index (κ2) is 5.88. The number of nitrogens with one attached hydrogen (secondary N) is 1. The van der Waals surface area contributed by atoms with Crippen molar-refractivity contribution in [2.75, 3.05) is 12.3 Å². The van der Waals surface area contributed by atoms with Crippen LogP contribution in [0, 0.1) is 5.41 Å². The predicted molar refractivity (Wildman–Crippen MR) is 86.0 cm³/mol. The van der Waals surface area contributed by atoms with Gasteiger partial charge in [-0.1, -0.05) is 25.1 Å². The first-order valence-electron chi connectivity index (χ1n) is 7.50. The highest BCUT2D eigenvalue weighted by atomic mass is 32.2. The van der Waals surface area contributed by atoms with E-state index in [0.29, 0.717) is 17.7 Å². The van der Waals surface area contributed by atoms with Gasteiger partial charge in [-0.3, -0.25) is 14.4 Å². The molecule has 0 radical (unpaired) electrons. The van der Waals surface area contributed by atoms with E-state index in [1.165, 1.54) is 11.8 Å². The summed E-state index contributed by atoms with van der Waals surface area (Å²) in [6, 6.07) is 8.16. The number of rotatable bonds is 4. The molecule has 2 aliphatic rings. The molecular formula is C16H18N2O4S. The van der Waals surface area contributed by atoms with E-state index < -0.39 is 17.4 Å². The minimum absolute atomic E-state index is 0.172. The normalized spacial score (nSPS) is 29.4. The highest BCUT2D eigenvalue weighted by molar-refractivity contribution is 8.00. The van der Waals surface area contributed by atoms with E-state index in [0.717, 1.165) is 0 Å². The Bertz CT molecular complexity index is 651. The van der Waals surface area contributed by atoms with Gasteiger partial charge in [-0.2, -0.15) is 0 Å². The van der Waals surface area contributed by atoms with Crippen LogP contribution in [-0.4, -0.2) is 51.5 Å². The lowest BCUT2D eigenvalue weighted by Crippen LogP contribution is -2.73. The molecule has 2 fully saturated rings. The maximum atomic E-state index is 12.3. The van der Waals surface area contributed by atoms with Gasteiger partial charge in [0.05, 0.1) is 5.41 Å². The molecule has 122 valence electrons. The van der Waals surface area contributed by atoms with E-state index in [4.69, 9.17) is 0 Å². The second-order valence-electron chi connectivity index (χ2n) is 5.92. The van der Waals surface area contributed by atoms with Gasteiger partial charge in [0, 0.05) is 17.9 Å². The van der Waals surface area contributed by atoms with Gasteiger partial charge in [-0.05, 0) is 18.6 Å². The Hall–Kier alpha value is -2.02. The minimum Gasteiger partial charge on any atom is -0.481 e. The van der Waals surface area contributed by atoms with Gasteiger partial charge in [0.2, 0.25) is 5.91 Å². The molecule has 3 atom stereocenters. The van der Waals surface area contributed by atoms with Crippen LogP contribution in [0.2, 0.25) is 0 Å². The lowest BCUT2D eigenvalue weighted by molar-refractivity contribution is -0.157. The van der Waals surface area contributed by atoms with Crippen molar-refractivity contribution in [1.82, 2.24) is 10.2 Å². The van der Waals surface area contributed by atoms with Crippen LogP contribution in [-0.2, 0) is 9.59 Å². The molecule has 0 aliphatic carbocycles. The number of β-lactam (4-membered cyclic amide) rings is 1. The number of benzene rings is 1. The zero-order valence-electron chi connectivity index (χ0n) is 12.7. The summed E-state index contributed by atoms with van der Waals surface area (Å²) in [5.74, 6) is -0.902. The van der Waals surface area contributed by atoms with Crippen LogP contribution >= 0.6 is 11.8 Å². The van der Waals surface area contributed by atoms with E-state index in [1.807, 2.05) is 13.0 Å². The molecule has 3 rings (SSSR count). The number of carbonyl (C=O) groups is 3. The number of hydrogen-bond acceptors (Lipinski definition) is 4. The predicted octanol–water partition coefficient (Wildman–Crippen LogP) is 1.18. The molecule has 2 unspecified atom stereocenters. The number of carboxylic acid groups (broad SMARTS) is 1. The summed E-state index contributed by atoms with van der Waals surface area (Å²) < 4.78 is 0. The van der Waals surface area contributed by atoms with Crippen molar-refractivity contribution in [2.45, 2.75) is 24.8 Å². The largest absolute Gasteiger partial charge is 0.481 e. The van der Waals surface area contributed by atoms with Gasteiger partial charge in [0.15, 0.2) is 0 Å². The van der Waals surface area contributed by atoms with Crippen LogP contribution < -0.4 is 5.32 Å². The third-order valence-corrected chi connectivity index (χ3v) is 6.19.